The molecule has 1 aromatic heterocycles. The summed E-state index contributed by atoms with van der Waals surface area (Å²) in [5.41, 5.74) is -0.626. The average molecular weight is 342 g/mol. The normalized spacial score (nSPS) is 15.7. The molecule has 1 fully saturated rings. The van der Waals surface area contributed by atoms with Gasteiger partial charge in [-0.15, -0.1) is 0 Å². The van der Waals surface area contributed by atoms with Crippen LogP contribution in [-0.2, 0) is 4.74 Å². The minimum Gasteiger partial charge on any atom is -0.443 e. The van der Waals surface area contributed by atoms with E-state index >= 15 is 0 Å². The fourth-order valence-electron chi connectivity index (χ4n) is 1.78. The summed E-state index contributed by atoms with van der Waals surface area (Å²) >= 11 is 3.26. The summed E-state index contributed by atoms with van der Waals surface area (Å²) in [6, 6.07) is 4.87. The van der Waals surface area contributed by atoms with Gasteiger partial charge in [-0.3, -0.25) is 4.90 Å². The van der Waals surface area contributed by atoms with Crippen LogP contribution in [0.3, 0.4) is 0 Å². The SMILES string of the molecule is CC(C)(C)OC(=O)N1CCN(c2cccc(Br)n2)C1=O. The Balaban J connectivity index is 2.12. The highest BCUT2D eigenvalue weighted by atomic mass is 79.9. The summed E-state index contributed by atoms with van der Waals surface area (Å²) in [5.74, 6) is 0.510. The Hall–Kier alpha value is -1.63. The molecule has 0 aromatic carbocycles. The van der Waals surface area contributed by atoms with Gasteiger partial charge in [-0.05, 0) is 48.8 Å². The summed E-state index contributed by atoms with van der Waals surface area (Å²) in [5, 5.41) is 0. The molecule has 0 unspecified atom stereocenters. The third-order valence-electron chi connectivity index (χ3n) is 2.60. The van der Waals surface area contributed by atoms with Crippen molar-refractivity contribution in [3.8, 4) is 0 Å². The second-order valence-corrected chi connectivity index (χ2v) is 6.20. The lowest BCUT2D eigenvalue weighted by atomic mass is 10.2. The van der Waals surface area contributed by atoms with E-state index in [4.69, 9.17) is 4.74 Å². The van der Waals surface area contributed by atoms with Crippen LogP contribution in [0.4, 0.5) is 15.4 Å². The average Bonchev–Trinajstić information content (AvgIpc) is 2.69. The Bertz CT molecular complexity index is 542. The van der Waals surface area contributed by atoms with Crippen LogP contribution in [0.5, 0.6) is 0 Å². The molecule has 6 nitrogen and oxygen atoms in total. The number of hydrogen-bond acceptors (Lipinski definition) is 4. The van der Waals surface area contributed by atoms with Gasteiger partial charge in [0.2, 0.25) is 0 Å². The van der Waals surface area contributed by atoms with E-state index in [-0.39, 0.29) is 0 Å². The van der Waals surface area contributed by atoms with Crippen molar-refractivity contribution in [2.24, 2.45) is 0 Å². The van der Waals surface area contributed by atoms with Gasteiger partial charge < -0.3 is 4.74 Å². The molecular formula is C13H16BrN3O3. The number of halogens is 1. The first-order chi connectivity index (χ1) is 9.28. The van der Waals surface area contributed by atoms with Crippen molar-refractivity contribution >= 4 is 33.9 Å². The minimum atomic E-state index is -0.626. The molecule has 1 saturated heterocycles. The van der Waals surface area contributed by atoms with Gasteiger partial charge in [-0.25, -0.2) is 19.5 Å². The highest BCUT2D eigenvalue weighted by molar-refractivity contribution is 9.10. The van der Waals surface area contributed by atoms with Crippen LogP contribution in [0, 0.1) is 0 Å². The molecular weight excluding hydrogens is 326 g/mol. The van der Waals surface area contributed by atoms with Crippen molar-refractivity contribution in [1.29, 1.82) is 0 Å². The first-order valence-electron chi connectivity index (χ1n) is 6.22. The molecule has 0 spiro atoms. The van der Waals surface area contributed by atoms with Gasteiger partial charge in [-0.1, -0.05) is 6.07 Å². The molecule has 2 rings (SSSR count). The molecule has 0 radical (unpaired) electrons. The Labute approximate surface area is 125 Å². The number of pyridine rings is 1. The Morgan fingerprint density at radius 1 is 1.35 bits per heavy atom. The minimum absolute atomic E-state index is 0.294. The van der Waals surface area contributed by atoms with Crippen LogP contribution in [-0.4, -0.2) is 40.7 Å². The highest BCUT2D eigenvalue weighted by Crippen LogP contribution is 2.21. The van der Waals surface area contributed by atoms with Gasteiger partial charge in [0.25, 0.3) is 0 Å². The Morgan fingerprint density at radius 2 is 2.05 bits per heavy atom. The van der Waals surface area contributed by atoms with E-state index in [0.717, 1.165) is 4.90 Å². The van der Waals surface area contributed by atoms with Crippen molar-refractivity contribution in [3.63, 3.8) is 0 Å². The predicted octanol–water partition coefficient (Wildman–Crippen LogP) is 3.02. The Morgan fingerprint density at radius 3 is 2.65 bits per heavy atom. The fourth-order valence-corrected chi connectivity index (χ4v) is 2.12. The van der Waals surface area contributed by atoms with Crippen LogP contribution in [0.15, 0.2) is 22.8 Å². The van der Waals surface area contributed by atoms with Gasteiger partial charge in [0.1, 0.15) is 16.0 Å². The number of nitrogens with zero attached hydrogens (tertiary/aromatic N) is 3. The predicted molar refractivity (Wildman–Crippen MR) is 77.6 cm³/mol. The van der Waals surface area contributed by atoms with Gasteiger partial charge in [0.05, 0.1) is 6.54 Å². The fraction of sp³-hybridized carbons (Fsp3) is 0.462. The molecule has 0 aliphatic carbocycles. The number of amides is 3. The Kier molecular flexibility index (Phi) is 3.99. The maximum atomic E-state index is 12.2. The van der Waals surface area contributed by atoms with E-state index in [1.54, 1.807) is 39.0 Å². The molecule has 20 heavy (non-hydrogen) atoms. The van der Waals surface area contributed by atoms with Gasteiger partial charge in [0.15, 0.2) is 0 Å². The standard InChI is InChI=1S/C13H16BrN3O3/c1-13(2,3)20-12(19)17-8-7-16(11(17)18)10-6-4-5-9(14)15-10/h4-6H,7-8H2,1-3H3. The molecule has 1 aromatic rings. The number of hydrogen-bond donors (Lipinski definition) is 0. The number of ether oxygens (including phenoxy) is 1. The van der Waals surface area contributed by atoms with Crippen molar-refractivity contribution in [3.05, 3.63) is 22.8 Å². The van der Waals surface area contributed by atoms with Crippen molar-refractivity contribution < 1.29 is 14.3 Å². The lowest BCUT2D eigenvalue weighted by Gasteiger charge is -2.23. The third kappa shape index (κ3) is 3.27. The van der Waals surface area contributed by atoms with Crippen LogP contribution in [0.1, 0.15) is 20.8 Å². The lowest BCUT2D eigenvalue weighted by molar-refractivity contribution is 0.0354. The highest BCUT2D eigenvalue weighted by Gasteiger charge is 2.37. The quantitative estimate of drug-likeness (QED) is 0.736. The lowest BCUT2D eigenvalue weighted by Crippen LogP contribution is -2.40. The summed E-state index contributed by atoms with van der Waals surface area (Å²) in [6.07, 6.45) is -0.625. The second kappa shape index (κ2) is 5.40. The summed E-state index contributed by atoms with van der Waals surface area (Å²) in [7, 11) is 0. The zero-order chi connectivity index (χ0) is 14.9. The molecule has 0 bridgehead atoms. The number of anilines is 1. The number of urea groups is 1. The molecule has 108 valence electrons. The van der Waals surface area contributed by atoms with E-state index in [1.165, 1.54) is 4.90 Å². The first-order valence-corrected chi connectivity index (χ1v) is 7.02. The maximum absolute atomic E-state index is 12.2. The third-order valence-corrected chi connectivity index (χ3v) is 3.04. The summed E-state index contributed by atoms with van der Waals surface area (Å²) in [6.45, 7) is 5.99. The van der Waals surface area contributed by atoms with E-state index in [1.807, 2.05) is 0 Å². The molecule has 0 atom stereocenters. The molecule has 0 N–H and O–H groups in total. The molecule has 7 heteroatoms. The zero-order valence-corrected chi connectivity index (χ0v) is 13.2. The topological polar surface area (TPSA) is 62.7 Å². The molecule has 3 amide bonds. The van der Waals surface area contributed by atoms with Gasteiger partial charge in [0, 0.05) is 6.54 Å². The number of aromatic nitrogens is 1. The van der Waals surface area contributed by atoms with Crippen LogP contribution in [0.25, 0.3) is 0 Å². The number of carbonyl (C=O) groups excluding carboxylic acids is 2. The van der Waals surface area contributed by atoms with Crippen LogP contribution in [0.2, 0.25) is 0 Å². The van der Waals surface area contributed by atoms with Gasteiger partial charge >= 0.3 is 12.1 Å². The number of rotatable bonds is 1. The molecule has 1 aliphatic heterocycles. The van der Waals surface area contributed by atoms with Crippen molar-refractivity contribution in [1.82, 2.24) is 9.88 Å². The monoisotopic (exact) mass is 341 g/mol. The summed E-state index contributed by atoms with van der Waals surface area (Å²) < 4.78 is 5.85. The number of carbonyl (C=O) groups is 2. The molecule has 0 saturated carbocycles. The molecule has 2 heterocycles. The molecule has 1 aliphatic rings. The zero-order valence-electron chi connectivity index (χ0n) is 11.6. The van der Waals surface area contributed by atoms with Crippen molar-refractivity contribution in [2.75, 3.05) is 18.0 Å². The largest absolute Gasteiger partial charge is 0.443 e. The van der Waals surface area contributed by atoms with Gasteiger partial charge in [-0.2, -0.15) is 0 Å². The summed E-state index contributed by atoms with van der Waals surface area (Å²) in [4.78, 5) is 30.9. The smallest absolute Gasteiger partial charge is 0.418 e. The van der Waals surface area contributed by atoms with E-state index in [0.29, 0.717) is 23.5 Å². The first kappa shape index (κ1) is 14.8. The van der Waals surface area contributed by atoms with Crippen LogP contribution < -0.4 is 4.90 Å². The van der Waals surface area contributed by atoms with Crippen LogP contribution >= 0.6 is 15.9 Å². The van der Waals surface area contributed by atoms with E-state index in [2.05, 4.69) is 20.9 Å². The van der Waals surface area contributed by atoms with Crippen molar-refractivity contribution in [2.45, 2.75) is 26.4 Å². The number of imide groups is 1. The second-order valence-electron chi connectivity index (χ2n) is 5.38. The van der Waals surface area contributed by atoms with E-state index in [9.17, 15) is 9.59 Å². The van der Waals surface area contributed by atoms with E-state index < -0.39 is 17.7 Å². The maximum Gasteiger partial charge on any atom is 0.418 e.